The molecule has 652 valence electrons. The molecule has 6 aromatic carbocycles. The fourth-order valence-electron chi connectivity index (χ4n) is 18.2. The highest BCUT2D eigenvalue weighted by Crippen LogP contribution is 2.45. The van der Waals surface area contributed by atoms with E-state index in [1.807, 2.05) is 48.5 Å². The molecule has 2 saturated heterocycles. The van der Waals surface area contributed by atoms with Gasteiger partial charge in [-0.2, -0.15) is 0 Å². The molecule has 4 heterocycles. The van der Waals surface area contributed by atoms with Crippen LogP contribution >= 0.6 is 0 Å². The number of hydrogen-bond acceptors (Lipinski definition) is 17. The number of carbonyl (C=O) groups excluding carboxylic acids is 9. The summed E-state index contributed by atoms with van der Waals surface area (Å²) in [6.07, 6.45) is 5.82. The Labute approximate surface area is 714 Å². The zero-order valence-corrected chi connectivity index (χ0v) is 71.2. The summed E-state index contributed by atoms with van der Waals surface area (Å²) in [5, 5.41) is 36.3. The Morgan fingerprint density at radius 1 is 0.639 bits per heavy atom. The lowest BCUT2D eigenvalue weighted by molar-refractivity contribution is -0.136. The number of phenolic OH excluding ortho intramolecular Hbond substituents is 1. The molecule has 1 aliphatic carbocycles. The van der Waals surface area contributed by atoms with Gasteiger partial charge in [-0.15, -0.1) is 0 Å². The van der Waals surface area contributed by atoms with Gasteiger partial charge >= 0.3 is 0 Å². The largest absolute Gasteiger partial charge is 0.508 e. The number of aromatic nitrogens is 2. The number of benzene rings is 6. The van der Waals surface area contributed by atoms with Crippen LogP contribution in [0.3, 0.4) is 0 Å². The van der Waals surface area contributed by atoms with E-state index in [1.54, 1.807) is 66.9 Å². The summed E-state index contributed by atoms with van der Waals surface area (Å²) in [4.78, 5) is 151. The number of H-pyrrole nitrogens is 2. The normalized spacial score (nSPS) is 23.1. The third-order valence-electron chi connectivity index (χ3n) is 24.8. The standard InChI is InChI=1S/C95H121FN12O13S/c1-60(109)91-89(116)53-69(44-64-31-35-73(96)36-32-64)85(112)30-12-6-11-28-80(101-55-65(43-63-33-37-74(110)38-34-63)46-75(111)39-42-108(122(3,120)121)59-66-47-78-77-26-17-29-81-90(77)72(57-103-81)50-84(78)107(2)58-66)86(113)51-68(24-18-41-100-95(98)99)92(117)104-82(48-62-21-9-5-10-22-62)88(115)54-70(45-61-19-7-4-8-20-61)94(119)105-83(49-71-56-102-79-27-14-13-25-76(71)79)87(114)52-67(93(118)106-91)23-15-16-40-97/h4-5,7-10,13-14,17,19-22,25-27,29,31-38,56-57,60,65-70,78,80,82-84,91,101-103,109-110H,6,11-12,15-16,18,23-24,28,30,39-55,58-59,97H2,1-3H3,(H,104,117)(H,105,119)(H,106,118)(H4,98,99,100)/t60-,65-,66-,67-,68-,69-,70-,78-,80-,82+,83-,84-,91+/m1/s1. The van der Waals surface area contributed by atoms with Crippen LogP contribution in [0.1, 0.15) is 161 Å². The van der Waals surface area contributed by atoms with E-state index in [4.69, 9.17) is 17.2 Å². The average molecular weight is 1690 g/mol. The minimum absolute atomic E-state index is 0.00346. The van der Waals surface area contributed by atoms with Crippen molar-refractivity contribution in [2.24, 2.45) is 57.7 Å². The lowest BCUT2D eigenvalue weighted by Gasteiger charge is -2.46. The highest BCUT2D eigenvalue weighted by Gasteiger charge is 2.42. The number of fused-ring (bicyclic) bond motifs is 3. The number of rotatable bonds is 30. The molecule has 0 saturated carbocycles. The number of ketones is 6. The van der Waals surface area contributed by atoms with E-state index in [-0.39, 0.29) is 164 Å². The lowest BCUT2D eigenvalue weighted by atomic mass is 9.72. The molecule has 0 radical (unpaired) electrons. The van der Waals surface area contributed by atoms with Gasteiger partial charge in [0.2, 0.25) is 27.7 Å². The number of likely N-dealkylation sites (N-methyl/N-ethyl adjacent to an activating group) is 1. The van der Waals surface area contributed by atoms with E-state index in [2.05, 4.69) is 72.6 Å². The summed E-state index contributed by atoms with van der Waals surface area (Å²) >= 11 is 0. The number of aliphatic hydroxyl groups excluding tert-OH is 1. The number of aromatic hydroxyl groups is 1. The topological polar surface area (TPSA) is 405 Å². The van der Waals surface area contributed by atoms with E-state index in [0.717, 1.165) is 34.8 Å². The van der Waals surface area contributed by atoms with Gasteiger partial charge in [-0.1, -0.05) is 135 Å². The van der Waals surface area contributed by atoms with Gasteiger partial charge in [0, 0.05) is 147 Å². The fraction of sp³-hybridized carbons (Fsp3) is 0.474. The smallest absolute Gasteiger partial charge is 0.224 e. The van der Waals surface area contributed by atoms with Crippen molar-refractivity contribution in [1.82, 2.24) is 40.4 Å². The van der Waals surface area contributed by atoms with Crippen LogP contribution in [0.15, 0.2) is 169 Å². The Hall–Kier alpha value is -10.4. The van der Waals surface area contributed by atoms with Gasteiger partial charge in [0.15, 0.2) is 29.1 Å². The number of likely N-dealkylation sites (tertiary alicyclic amines) is 1. The lowest BCUT2D eigenvalue weighted by Crippen LogP contribution is -2.51. The molecule has 14 N–H and O–H groups in total. The predicted octanol–water partition coefficient (Wildman–Crippen LogP) is 9.71. The maximum Gasteiger partial charge on any atom is 0.224 e. The Morgan fingerprint density at radius 3 is 1.93 bits per heavy atom. The van der Waals surface area contributed by atoms with E-state index in [9.17, 15) is 42.2 Å². The number of nitrogens with two attached hydrogens (primary N) is 3. The van der Waals surface area contributed by atoms with Crippen LogP contribution in [0.4, 0.5) is 4.39 Å². The molecule has 3 amide bonds. The molecule has 2 aliphatic heterocycles. The molecule has 3 aliphatic rings. The SMILES string of the molecule is C[C@@H](O)[C@@H]1NC(=O)[C@H](CCCCN)CC(=O)[C@@H](Cc2c[nH]c3ccccc23)NC(=O)[C@H](Cc2ccccc2)CC(=O)[C@H](Cc2ccccc2)NC(=O)[C@H](CCCN=C(N)N)CC(=O)[C@H](NC[C@@H](CC(=O)CCN(C[C@@H]2C[C@@H]3c4cccc5[nH]cc(c45)C[C@H]3N(C)C2)S(C)(=O)=O)Cc2ccc(O)cc2)CCCCCC(=O)[C@H](Cc2ccc(F)cc2)CC1=O. The van der Waals surface area contributed by atoms with Gasteiger partial charge in [0.05, 0.1) is 30.5 Å². The molecule has 25 nitrogen and oxygen atoms in total. The third-order valence-corrected chi connectivity index (χ3v) is 26.1. The number of para-hydroxylation sites is 1. The number of halogens is 1. The molecular weight excluding hydrogens is 1570 g/mol. The Bertz CT molecular complexity index is 5020. The zero-order valence-electron chi connectivity index (χ0n) is 70.3. The van der Waals surface area contributed by atoms with Gasteiger partial charge in [-0.05, 0) is 191 Å². The number of aliphatic hydroxyl groups is 1. The molecule has 8 aromatic rings. The summed E-state index contributed by atoms with van der Waals surface area (Å²) < 4.78 is 43.5. The maximum atomic E-state index is 15.7. The number of guanidine groups is 1. The number of piperidine rings is 1. The van der Waals surface area contributed by atoms with Gasteiger partial charge in [0.25, 0.3) is 0 Å². The van der Waals surface area contributed by atoms with Crippen LogP contribution in [0.2, 0.25) is 0 Å². The predicted molar refractivity (Wildman–Crippen MR) is 470 cm³/mol. The van der Waals surface area contributed by atoms with Crippen molar-refractivity contribution in [2.45, 2.75) is 197 Å². The molecule has 0 bridgehead atoms. The van der Waals surface area contributed by atoms with E-state index >= 15 is 24.0 Å². The number of nitrogens with one attached hydrogen (secondary N) is 6. The average Bonchev–Trinajstić information content (AvgIpc) is 1.52. The molecule has 27 heteroatoms. The second-order valence-electron chi connectivity index (χ2n) is 34.2. The molecule has 13 atom stereocenters. The van der Waals surface area contributed by atoms with Crippen molar-refractivity contribution < 1.29 is 66.2 Å². The summed E-state index contributed by atoms with van der Waals surface area (Å²) in [7, 11) is -1.72. The summed E-state index contributed by atoms with van der Waals surface area (Å²) in [6.45, 7) is 2.57. The second-order valence-corrected chi connectivity index (χ2v) is 36.2. The van der Waals surface area contributed by atoms with Crippen molar-refractivity contribution in [1.29, 1.82) is 0 Å². The number of sulfonamides is 1. The molecule has 2 fully saturated rings. The molecule has 122 heavy (non-hydrogen) atoms. The Morgan fingerprint density at radius 2 is 1.24 bits per heavy atom. The van der Waals surface area contributed by atoms with Crippen molar-refractivity contribution >= 4 is 90.2 Å². The van der Waals surface area contributed by atoms with Gasteiger partial charge < -0.3 is 63.5 Å². The molecular formula is C95H121FN12O13S. The van der Waals surface area contributed by atoms with Crippen molar-refractivity contribution in [3.8, 4) is 5.75 Å². The first-order valence-electron chi connectivity index (χ1n) is 43.3. The Balaban J connectivity index is 0.913. The fourth-order valence-corrected chi connectivity index (χ4v) is 19.1. The quantitative estimate of drug-likeness (QED) is 0.0113. The van der Waals surface area contributed by atoms with Crippen LogP contribution < -0.4 is 38.5 Å². The Kier molecular flexibility index (Phi) is 33.7. The molecule has 2 aromatic heterocycles. The van der Waals surface area contributed by atoms with Crippen molar-refractivity contribution in [3.05, 3.63) is 209 Å². The number of aliphatic imine (C=N–C) groups is 1. The second kappa shape index (κ2) is 44.6. The third kappa shape index (κ3) is 26.6. The first kappa shape index (κ1) is 92.3. The molecule has 0 unspecified atom stereocenters. The summed E-state index contributed by atoms with van der Waals surface area (Å²) in [5.41, 5.74) is 25.3. The monoisotopic (exact) mass is 1690 g/mol. The number of amides is 3. The maximum absolute atomic E-state index is 15.7. The van der Waals surface area contributed by atoms with E-state index in [0.29, 0.717) is 54.5 Å². The van der Waals surface area contributed by atoms with Gasteiger partial charge in [-0.3, -0.25) is 48.1 Å². The minimum atomic E-state index is -3.81. The van der Waals surface area contributed by atoms with E-state index < -0.39 is 136 Å². The van der Waals surface area contributed by atoms with Gasteiger partial charge in [-0.25, -0.2) is 17.1 Å². The molecule has 11 rings (SSSR count). The summed E-state index contributed by atoms with van der Waals surface area (Å²) in [5.74, 6) is -10.2. The first-order valence-corrected chi connectivity index (χ1v) is 45.1. The van der Waals surface area contributed by atoms with Crippen LogP contribution in [0.5, 0.6) is 5.75 Å². The number of carbonyl (C=O) groups is 9. The number of aromatic amines is 2. The van der Waals surface area contributed by atoms with Crippen LogP contribution in [0.25, 0.3) is 21.8 Å². The van der Waals surface area contributed by atoms with Crippen LogP contribution in [0, 0.1) is 41.3 Å². The van der Waals surface area contributed by atoms with Crippen LogP contribution in [-0.4, -0.2) is 185 Å². The number of hydrogen-bond donors (Lipinski definition) is 11. The number of phenols is 1. The minimum Gasteiger partial charge on any atom is -0.508 e. The van der Waals surface area contributed by atoms with Gasteiger partial charge in [0.1, 0.15) is 29.2 Å². The summed E-state index contributed by atoms with van der Waals surface area (Å²) in [6, 6.07) is 39.0. The number of nitrogens with zero attached hydrogens (tertiary/aromatic N) is 3. The van der Waals surface area contributed by atoms with E-state index in [1.165, 1.54) is 58.3 Å². The first-order chi connectivity index (χ1) is 58.6. The van der Waals surface area contributed by atoms with Crippen LogP contribution in [-0.2, 0) is 91.7 Å². The van der Waals surface area contributed by atoms with Crippen molar-refractivity contribution in [2.75, 3.05) is 52.6 Å². The highest BCUT2D eigenvalue weighted by atomic mass is 32.2. The molecule has 0 spiro atoms. The number of Topliss-reactive ketones (excluding diaryl/α,β-unsaturated/α-hetero) is 6. The van der Waals surface area contributed by atoms with Crippen molar-refractivity contribution in [3.63, 3.8) is 0 Å². The zero-order chi connectivity index (χ0) is 87.0. The highest BCUT2D eigenvalue weighted by molar-refractivity contribution is 7.88. The number of unbranched alkanes of at least 4 members (excludes halogenated alkanes) is 1.